The van der Waals surface area contributed by atoms with Gasteiger partial charge in [0.25, 0.3) is 0 Å². The summed E-state index contributed by atoms with van der Waals surface area (Å²) in [7, 11) is 0. The summed E-state index contributed by atoms with van der Waals surface area (Å²) in [6.07, 6.45) is 0. The first kappa shape index (κ1) is 13.1. The molecule has 0 amide bonds. The van der Waals surface area contributed by atoms with Gasteiger partial charge in [-0.15, -0.1) is 11.8 Å². The van der Waals surface area contributed by atoms with Gasteiger partial charge in [-0.05, 0) is 51.8 Å². The van der Waals surface area contributed by atoms with Crippen LogP contribution in [0.15, 0.2) is 56.3 Å². The summed E-state index contributed by atoms with van der Waals surface area (Å²) in [6, 6.07) is 13.0. The van der Waals surface area contributed by atoms with Crippen molar-refractivity contribution in [2.45, 2.75) is 10.6 Å². The van der Waals surface area contributed by atoms with Crippen LogP contribution < -0.4 is 0 Å². The number of rotatable bonds is 3. The van der Waals surface area contributed by atoms with Gasteiger partial charge in [-0.3, -0.25) is 0 Å². The second-order valence-electron chi connectivity index (χ2n) is 3.50. The Morgan fingerprint density at radius 1 is 1.06 bits per heavy atom. The number of benzene rings is 2. The van der Waals surface area contributed by atoms with Crippen molar-refractivity contribution in [2.75, 3.05) is 0 Å². The summed E-state index contributed by atoms with van der Waals surface area (Å²) in [5, 5.41) is 0. The third-order valence-electron chi connectivity index (χ3n) is 2.15. The maximum Gasteiger partial charge on any atom is 0.124 e. The predicted molar refractivity (Wildman–Crippen MR) is 77.8 cm³/mol. The van der Waals surface area contributed by atoms with E-state index in [-0.39, 0.29) is 5.82 Å². The Morgan fingerprint density at radius 2 is 1.82 bits per heavy atom. The molecule has 0 nitrogen and oxygen atoms in total. The van der Waals surface area contributed by atoms with E-state index >= 15 is 0 Å². The Kier molecular flexibility index (Phi) is 4.65. The minimum absolute atomic E-state index is 0.206. The van der Waals surface area contributed by atoms with Gasteiger partial charge < -0.3 is 0 Å². The summed E-state index contributed by atoms with van der Waals surface area (Å²) in [6.45, 7) is 0. The lowest BCUT2D eigenvalue weighted by molar-refractivity contribution is 0.625. The van der Waals surface area contributed by atoms with Gasteiger partial charge in [-0.25, -0.2) is 4.39 Å². The monoisotopic (exact) mass is 374 g/mol. The number of thioether (sulfide) groups is 1. The smallest absolute Gasteiger partial charge is 0.124 e. The molecule has 0 saturated carbocycles. The summed E-state index contributed by atoms with van der Waals surface area (Å²) >= 11 is 8.47. The van der Waals surface area contributed by atoms with Gasteiger partial charge in [0.05, 0.1) is 0 Å². The second-order valence-corrected chi connectivity index (χ2v) is 6.28. The van der Waals surface area contributed by atoms with E-state index in [9.17, 15) is 4.39 Å². The largest absolute Gasteiger partial charge is 0.207 e. The van der Waals surface area contributed by atoms with Crippen LogP contribution in [0.3, 0.4) is 0 Å². The van der Waals surface area contributed by atoms with Gasteiger partial charge in [0, 0.05) is 19.6 Å². The first-order chi connectivity index (χ1) is 8.15. The Hall–Kier alpha value is -0.320. The van der Waals surface area contributed by atoms with Gasteiger partial charge in [0.1, 0.15) is 5.82 Å². The predicted octanol–water partition coefficient (Wildman–Crippen LogP) is 5.64. The van der Waals surface area contributed by atoms with Crippen molar-refractivity contribution in [2.24, 2.45) is 0 Å². The molecule has 2 aromatic rings. The lowest BCUT2D eigenvalue weighted by Crippen LogP contribution is -1.84. The molecule has 0 radical (unpaired) electrons. The highest BCUT2D eigenvalue weighted by Gasteiger charge is 2.02. The van der Waals surface area contributed by atoms with E-state index in [1.54, 1.807) is 17.8 Å². The molecule has 0 N–H and O–H groups in total. The van der Waals surface area contributed by atoms with Crippen molar-refractivity contribution in [3.05, 3.63) is 62.8 Å². The molecule has 17 heavy (non-hydrogen) atoms. The molecule has 88 valence electrons. The third-order valence-corrected chi connectivity index (χ3v) is 4.71. The molecule has 0 bridgehead atoms. The lowest BCUT2D eigenvalue weighted by Gasteiger charge is -2.05. The highest BCUT2D eigenvalue weighted by atomic mass is 79.9. The van der Waals surface area contributed by atoms with Crippen LogP contribution in [0.1, 0.15) is 5.56 Å². The molecular weight excluding hydrogens is 367 g/mol. The third kappa shape index (κ3) is 3.83. The first-order valence-electron chi connectivity index (χ1n) is 4.97. The molecule has 2 aromatic carbocycles. The number of hydrogen-bond donors (Lipinski definition) is 0. The fraction of sp³-hybridized carbons (Fsp3) is 0.0769. The van der Waals surface area contributed by atoms with E-state index in [1.165, 1.54) is 6.07 Å². The summed E-state index contributed by atoms with van der Waals surface area (Å²) in [5.41, 5.74) is 0.970. The molecule has 0 aliphatic carbocycles. The molecule has 0 saturated heterocycles. The fourth-order valence-electron chi connectivity index (χ4n) is 1.42. The second kappa shape index (κ2) is 6.03. The maximum atomic E-state index is 13.2. The average molecular weight is 376 g/mol. The van der Waals surface area contributed by atoms with E-state index in [0.717, 1.165) is 25.2 Å². The zero-order valence-corrected chi connectivity index (χ0v) is 12.8. The van der Waals surface area contributed by atoms with E-state index in [1.807, 2.05) is 30.3 Å². The Labute approximate surface area is 121 Å². The van der Waals surface area contributed by atoms with Crippen LogP contribution in [-0.2, 0) is 5.75 Å². The molecule has 0 heterocycles. The van der Waals surface area contributed by atoms with Crippen LogP contribution in [0.4, 0.5) is 4.39 Å². The van der Waals surface area contributed by atoms with Gasteiger partial charge >= 0.3 is 0 Å². The summed E-state index contributed by atoms with van der Waals surface area (Å²) in [5.74, 6) is 0.543. The van der Waals surface area contributed by atoms with Gasteiger partial charge in [-0.1, -0.05) is 28.1 Å². The van der Waals surface area contributed by atoms with Gasteiger partial charge in [0.15, 0.2) is 0 Å². The van der Waals surface area contributed by atoms with Gasteiger partial charge in [-0.2, -0.15) is 0 Å². The highest BCUT2D eigenvalue weighted by molar-refractivity contribution is 9.10. The molecule has 0 atom stereocenters. The van der Waals surface area contributed by atoms with Crippen LogP contribution in [-0.4, -0.2) is 0 Å². The van der Waals surface area contributed by atoms with E-state index in [2.05, 4.69) is 31.9 Å². The van der Waals surface area contributed by atoms with Gasteiger partial charge in [0.2, 0.25) is 0 Å². The van der Waals surface area contributed by atoms with Crippen molar-refractivity contribution in [1.82, 2.24) is 0 Å². The molecule has 0 fully saturated rings. The zero-order chi connectivity index (χ0) is 12.3. The number of halogens is 3. The Bertz CT molecular complexity index is 508. The number of hydrogen-bond acceptors (Lipinski definition) is 1. The molecule has 0 aromatic heterocycles. The molecule has 0 unspecified atom stereocenters. The Balaban J connectivity index is 2.10. The topological polar surface area (TPSA) is 0 Å². The lowest BCUT2D eigenvalue weighted by atomic mass is 10.2. The quantitative estimate of drug-likeness (QED) is 0.625. The molecule has 0 aliphatic heterocycles. The Morgan fingerprint density at radius 3 is 2.53 bits per heavy atom. The van der Waals surface area contributed by atoms with Crippen LogP contribution in [0.2, 0.25) is 0 Å². The summed E-state index contributed by atoms with van der Waals surface area (Å²) in [4.78, 5) is 1.16. The van der Waals surface area contributed by atoms with E-state index in [0.29, 0.717) is 0 Å². The van der Waals surface area contributed by atoms with Crippen LogP contribution >= 0.6 is 43.6 Å². The van der Waals surface area contributed by atoms with E-state index < -0.39 is 0 Å². The molecule has 2 rings (SSSR count). The van der Waals surface area contributed by atoms with Crippen LogP contribution in [0.25, 0.3) is 0 Å². The maximum absolute atomic E-state index is 13.2. The van der Waals surface area contributed by atoms with Crippen molar-refractivity contribution in [3.63, 3.8) is 0 Å². The first-order valence-corrected chi connectivity index (χ1v) is 7.54. The van der Waals surface area contributed by atoms with Crippen molar-refractivity contribution >= 4 is 43.6 Å². The van der Waals surface area contributed by atoms with Crippen molar-refractivity contribution < 1.29 is 4.39 Å². The fourth-order valence-corrected chi connectivity index (χ4v) is 3.43. The SMILES string of the molecule is Fc1cc(Br)cc(CSc2ccccc2Br)c1. The van der Waals surface area contributed by atoms with Crippen LogP contribution in [0, 0.1) is 5.82 Å². The normalized spacial score (nSPS) is 10.5. The zero-order valence-electron chi connectivity index (χ0n) is 8.79. The minimum Gasteiger partial charge on any atom is -0.207 e. The minimum atomic E-state index is -0.206. The molecular formula is C13H9Br2FS. The molecule has 0 spiro atoms. The highest BCUT2D eigenvalue weighted by Crippen LogP contribution is 2.30. The van der Waals surface area contributed by atoms with Crippen molar-refractivity contribution in [3.8, 4) is 0 Å². The molecule has 4 heteroatoms. The average Bonchev–Trinajstić information content (AvgIpc) is 2.27. The summed E-state index contributed by atoms with van der Waals surface area (Å²) < 4.78 is 15.0. The van der Waals surface area contributed by atoms with E-state index in [4.69, 9.17) is 0 Å². The van der Waals surface area contributed by atoms with Crippen molar-refractivity contribution in [1.29, 1.82) is 0 Å². The van der Waals surface area contributed by atoms with Crippen LogP contribution in [0.5, 0.6) is 0 Å². The standard InChI is InChI=1S/C13H9Br2FS/c14-10-5-9(6-11(16)7-10)8-17-13-4-2-1-3-12(13)15/h1-7H,8H2. The molecule has 0 aliphatic rings.